The van der Waals surface area contributed by atoms with Gasteiger partial charge in [0.25, 0.3) is 0 Å². The van der Waals surface area contributed by atoms with Crippen LogP contribution in [-0.4, -0.2) is 28.6 Å². The van der Waals surface area contributed by atoms with Crippen molar-refractivity contribution in [2.75, 3.05) is 6.54 Å². The number of amides is 1. The van der Waals surface area contributed by atoms with Crippen molar-refractivity contribution >= 4 is 5.91 Å². The van der Waals surface area contributed by atoms with E-state index in [-0.39, 0.29) is 17.4 Å². The third kappa shape index (κ3) is 7.57. The standard InChI is InChI=1S/C31H45NO3/c1-5-7-8-12-19-31(3,4)25-16-17-27(29(21-25)35-23-24-14-10-9-11-15-24)28-22-26(33)18-20-32(28)30(34)13-6-2/h9-11,14-17,21,26,28,33H,5-8,12-13,18-20,22-23H2,1-4H3. The lowest BCUT2D eigenvalue weighted by Crippen LogP contribution is -2.42. The first-order chi connectivity index (χ1) is 16.9. The summed E-state index contributed by atoms with van der Waals surface area (Å²) in [5.74, 6) is 1.00. The van der Waals surface area contributed by atoms with Crippen LogP contribution >= 0.6 is 0 Å². The average molecular weight is 480 g/mol. The number of rotatable bonds is 12. The number of nitrogens with zero attached hydrogens (tertiary/aromatic N) is 1. The summed E-state index contributed by atoms with van der Waals surface area (Å²) in [5, 5.41) is 10.5. The molecular weight excluding hydrogens is 434 g/mol. The van der Waals surface area contributed by atoms with Gasteiger partial charge in [0.2, 0.25) is 5.91 Å². The monoisotopic (exact) mass is 479 g/mol. The van der Waals surface area contributed by atoms with Crippen molar-refractivity contribution in [3.8, 4) is 5.75 Å². The van der Waals surface area contributed by atoms with Crippen LogP contribution in [0.3, 0.4) is 0 Å². The Balaban J connectivity index is 1.93. The van der Waals surface area contributed by atoms with Crippen molar-refractivity contribution in [2.24, 2.45) is 0 Å². The number of carbonyl (C=O) groups excluding carboxylic acids is 1. The van der Waals surface area contributed by atoms with Crippen LogP contribution in [0.25, 0.3) is 0 Å². The molecule has 0 aliphatic carbocycles. The molecule has 0 bridgehead atoms. The topological polar surface area (TPSA) is 49.8 Å². The zero-order chi connectivity index (χ0) is 25.3. The smallest absolute Gasteiger partial charge is 0.223 e. The summed E-state index contributed by atoms with van der Waals surface area (Å²) in [7, 11) is 0. The zero-order valence-corrected chi connectivity index (χ0v) is 22.3. The number of carbonyl (C=O) groups is 1. The number of likely N-dealkylation sites (tertiary alicyclic amines) is 1. The van der Waals surface area contributed by atoms with Crippen molar-refractivity contribution in [1.29, 1.82) is 0 Å². The van der Waals surface area contributed by atoms with Crippen LogP contribution in [0.4, 0.5) is 0 Å². The molecule has 1 aliphatic rings. The molecule has 1 aliphatic heterocycles. The normalized spacial score (nSPS) is 18.5. The number of aliphatic hydroxyl groups excluding tert-OH is 1. The van der Waals surface area contributed by atoms with E-state index in [1.807, 2.05) is 30.0 Å². The van der Waals surface area contributed by atoms with Crippen LogP contribution in [0.1, 0.15) is 108 Å². The van der Waals surface area contributed by atoms with Gasteiger partial charge in [-0.3, -0.25) is 4.79 Å². The molecule has 0 saturated carbocycles. The zero-order valence-electron chi connectivity index (χ0n) is 22.3. The fourth-order valence-corrected chi connectivity index (χ4v) is 5.13. The first-order valence-electron chi connectivity index (χ1n) is 13.6. The van der Waals surface area contributed by atoms with Gasteiger partial charge in [0.05, 0.1) is 12.1 Å². The summed E-state index contributed by atoms with van der Waals surface area (Å²) >= 11 is 0. The molecule has 2 unspecified atom stereocenters. The van der Waals surface area contributed by atoms with Gasteiger partial charge < -0.3 is 14.7 Å². The van der Waals surface area contributed by atoms with Crippen LogP contribution < -0.4 is 4.74 Å². The molecule has 4 nitrogen and oxygen atoms in total. The minimum absolute atomic E-state index is 0.0426. The Hall–Kier alpha value is -2.33. The van der Waals surface area contributed by atoms with Crippen molar-refractivity contribution < 1.29 is 14.6 Å². The van der Waals surface area contributed by atoms with E-state index in [0.717, 1.165) is 29.7 Å². The molecule has 2 aromatic rings. The second-order valence-corrected chi connectivity index (χ2v) is 10.8. The van der Waals surface area contributed by atoms with Crippen LogP contribution in [0.2, 0.25) is 0 Å². The highest BCUT2D eigenvalue weighted by Crippen LogP contribution is 2.40. The molecule has 1 fully saturated rings. The largest absolute Gasteiger partial charge is 0.489 e. The number of hydrogen-bond donors (Lipinski definition) is 1. The highest BCUT2D eigenvalue weighted by Gasteiger charge is 2.34. The van der Waals surface area contributed by atoms with E-state index >= 15 is 0 Å². The lowest BCUT2D eigenvalue weighted by molar-refractivity contribution is -0.136. The first-order valence-corrected chi connectivity index (χ1v) is 13.6. The molecule has 0 spiro atoms. The van der Waals surface area contributed by atoms with Gasteiger partial charge in [0.15, 0.2) is 0 Å². The molecule has 4 heteroatoms. The molecule has 3 rings (SSSR count). The molecule has 192 valence electrons. The molecule has 2 atom stereocenters. The number of hydrogen-bond acceptors (Lipinski definition) is 3. The van der Waals surface area contributed by atoms with E-state index in [4.69, 9.17) is 4.74 Å². The molecule has 35 heavy (non-hydrogen) atoms. The molecule has 1 amide bonds. The fourth-order valence-electron chi connectivity index (χ4n) is 5.13. The Labute approximate surface area is 212 Å². The summed E-state index contributed by atoms with van der Waals surface area (Å²) in [5.41, 5.74) is 3.43. The van der Waals surface area contributed by atoms with Crippen LogP contribution in [0.15, 0.2) is 48.5 Å². The third-order valence-electron chi connectivity index (χ3n) is 7.41. The third-order valence-corrected chi connectivity index (χ3v) is 7.41. The maximum absolute atomic E-state index is 13.0. The predicted octanol–water partition coefficient (Wildman–Crippen LogP) is 7.34. The van der Waals surface area contributed by atoms with Gasteiger partial charge in [-0.25, -0.2) is 0 Å². The highest BCUT2D eigenvalue weighted by atomic mass is 16.5. The Morgan fingerprint density at radius 1 is 1.06 bits per heavy atom. The fraction of sp³-hybridized carbons (Fsp3) is 0.581. The number of unbranched alkanes of at least 4 members (excludes halogenated alkanes) is 3. The Kier molecular flexibility index (Phi) is 10.2. The summed E-state index contributed by atoms with van der Waals surface area (Å²) in [6.07, 6.45) is 8.30. The number of piperidine rings is 1. The van der Waals surface area contributed by atoms with Crippen LogP contribution in [-0.2, 0) is 16.8 Å². The minimum Gasteiger partial charge on any atom is -0.489 e. The molecule has 1 N–H and O–H groups in total. The van der Waals surface area contributed by atoms with Crippen molar-refractivity contribution in [3.05, 3.63) is 65.2 Å². The number of benzene rings is 2. The van der Waals surface area contributed by atoms with Gasteiger partial charge in [0.1, 0.15) is 12.4 Å². The van der Waals surface area contributed by atoms with Gasteiger partial charge in [0, 0.05) is 18.5 Å². The van der Waals surface area contributed by atoms with E-state index in [0.29, 0.717) is 32.4 Å². The highest BCUT2D eigenvalue weighted by molar-refractivity contribution is 5.77. The Morgan fingerprint density at radius 3 is 2.54 bits per heavy atom. The van der Waals surface area contributed by atoms with E-state index in [9.17, 15) is 9.90 Å². The maximum Gasteiger partial charge on any atom is 0.223 e. The van der Waals surface area contributed by atoms with E-state index < -0.39 is 6.10 Å². The van der Waals surface area contributed by atoms with E-state index in [1.54, 1.807) is 0 Å². The average Bonchev–Trinajstić information content (AvgIpc) is 2.86. The molecule has 1 heterocycles. The van der Waals surface area contributed by atoms with E-state index in [2.05, 4.69) is 51.1 Å². The molecule has 2 aromatic carbocycles. The molecule has 1 saturated heterocycles. The molecule has 0 aromatic heterocycles. The van der Waals surface area contributed by atoms with Gasteiger partial charge in [-0.15, -0.1) is 0 Å². The predicted molar refractivity (Wildman–Crippen MR) is 144 cm³/mol. The van der Waals surface area contributed by atoms with Gasteiger partial charge in [-0.1, -0.05) is 95.8 Å². The quantitative estimate of drug-likeness (QED) is 0.324. The van der Waals surface area contributed by atoms with E-state index in [1.165, 1.54) is 31.2 Å². The van der Waals surface area contributed by atoms with Crippen molar-refractivity contribution in [1.82, 2.24) is 4.90 Å². The Bertz CT molecular complexity index is 924. The number of aliphatic hydroxyl groups is 1. The summed E-state index contributed by atoms with van der Waals surface area (Å²) in [6.45, 7) is 9.99. The van der Waals surface area contributed by atoms with Crippen LogP contribution in [0, 0.1) is 0 Å². The van der Waals surface area contributed by atoms with Gasteiger partial charge >= 0.3 is 0 Å². The van der Waals surface area contributed by atoms with Crippen LogP contribution in [0.5, 0.6) is 5.75 Å². The van der Waals surface area contributed by atoms with Crippen molar-refractivity contribution in [3.63, 3.8) is 0 Å². The van der Waals surface area contributed by atoms with Crippen molar-refractivity contribution in [2.45, 2.75) is 110 Å². The first kappa shape index (κ1) is 27.3. The second kappa shape index (κ2) is 13.1. The Morgan fingerprint density at radius 2 is 1.83 bits per heavy atom. The lowest BCUT2D eigenvalue weighted by Gasteiger charge is -2.39. The maximum atomic E-state index is 13.0. The summed E-state index contributed by atoms with van der Waals surface area (Å²) < 4.78 is 6.46. The molecular formula is C31H45NO3. The lowest BCUT2D eigenvalue weighted by atomic mass is 9.79. The number of ether oxygens (including phenoxy) is 1. The summed E-state index contributed by atoms with van der Waals surface area (Å²) in [6, 6.07) is 16.6. The molecule has 0 radical (unpaired) electrons. The minimum atomic E-state index is -0.401. The SMILES string of the molecule is CCCCCCC(C)(C)c1ccc(C2CC(O)CCN2C(=O)CCC)c(OCc2ccccc2)c1. The van der Waals surface area contributed by atoms with Gasteiger partial charge in [-0.05, 0) is 48.3 Å². The second-order valence-electron chi connectivity index (χ2n) is 10.8. The summed E-state index contributed by atoms with van der Waals surface area (Å²) in [4.78, 5) is 14.9. The van der Waals surface area contributed by atoms with Gasteiger partial charge in [-0.2, -0.15) is 0 Å².